The summed E-state index contributed by atoms with van der Waals surface area (Å²) in [6.45, 7) is 0.414. The number of amides is 1. The molecule has 2 heterocycles. The molecule has 0 fully saturated rings. The van der Waals surface area contributed by atoms with E-state index in [9.17, 15) is 4.79 Å². The average molecular weight is 435 g/mol. The number of nitrogens with one attached hydrogen (secondary N) is 1. The second-order valence-corrected chi connectivity index (χ2v) is 7.39. The second-order valence-electron chi connectivity index (χ2n) is 7.39. The van der Waals surface area contributed by atoms with Crippen LogP contribution in [-0.2, 0) is 17.6 Å². The molecule has 166 valence electrons. The monoisotopic (exact) mass is 435 g/mol. The topological polar surface area (TPSA) is 91.8 Å². The van der Waals surface area contributed by atoms with Crippen LogP contribution in [0.2, 0.25) is 0 Å². The Morgan fingerprint density at radius 1 is 1.03 bits per heavy atom. The molecule has 0 radical (unpaired) electrons. The summed E-state index contributed by atoms with van der Waals surface area (Å²) in [7, 11) is 4.73. The van der Waals surface area contributed by atoms with Gasteiger partial charge in [-0.05, 0) is 48.0 Å². The van der Waals surface area contributed by atoms with E-state index in [1.807, 2.05) is 24.3 Å². The van der Waals surface area contributed by atoms with Gasteiger partial charge in [-0.2, -0.15) is 0 Å². The molecular formula is C24H25N3O5. The number of carbonyl (C=O) groups excluding carboxylic acids is 1. The van der Waals surface area contributed by atoms with Crippen molar-refractivity contribution in [2.45, 2.75) is 18.9 Å². The Hall–Kier alpha value is -3.81. The van der Waals surface area contributed by atoms with Crippen LogP contribution in [0.3, 0.4) is 0 Å². The van der Waals surface area contributed by atoms with Crippen LogP contribution in [0, 0.1) is 0 Å². The molecule has 1 aromatic heterocycles. The Morgan fingerprint density at radius 2 is 1.91 bits per heavy atom. The van der Waals surface area contributed by atoms with Gasteiger partial charge < -0.3 is 24.3 Å². The first-order chi connectivity index (χ1) is 15.6. The van der Waals surface area contributed by atoms with Crippen molar-refractivity contribution < 1.29 is 23.7 Å². The van der Waals surface area contributed by atoms with Crippen molar-refractivity contribution in [3.05, 3.63) is 59.7 Å². The van der Waals surface area contributed by atoms with Gasteiger partial charge in [-0.3, -0.25) is 4.79 Å². The molecule has 0 spiro atoms. The number of nitrogens with zero attached hydrogens (tertiary/aromatic N) is 2. The Bertz CT molecular complexity index is 1100. The van der Waals surface area contributed by atoms with Crippen LogP contribution in [0.5, 0.6) is 23.1 Å². The molecule has 8 nitrogen and oxygen atoms in total. The number of rotatable bonds is 8. The summed E-state index contributed by atoms with van der Waals surface area (Å²) in [6.07, 6.45) is 0.772. The van der Waals surface area contributed by atoms with Crippen molar-refractivity contribution in [3.8, 4) is 34.4 Å². The fourth-order valence-electron chi connectivity index (χ4n) is 3.66. The Labute approximate surface area is 186 Å². The lowest BCUT2D eigenvalue weighted by molar-refractivity contribution is -0.120. The molecule has 0 saturated heterocycles. The van der Waals surface area contributed by atoms with Gasteiger partial charge >= 0.3 is 0 Å². The molecule has 1 atom stereocenters. The van der Waals surface area contributed by atoms with E-state index in [0.717, 1.165) is 28.1 Å². The minimum atomic E-state index is -0.127. The first kappa shape index (κ1) is 21.4. The van der Waals surface area contributed by atoms with Crippen LogP contribution < -0.4 is 24.3 Å². The van der Waals surface area contributed by atoms with Gasteiger partial charge in [-0.15, -0.1) is 10.2 Å². The second kappa shape index (κ2) is 9.55. The summed E-state index contributed by atoms with van der Waals surface area (Å²) in [6, 6.07) is 15.0. The van der Waals surface area contributed by atoms with Crippen LogP contribution in [0.1, 0.15) is 11.1 Å². The lowest BCUT2D eigenvalue weighted by Crippen LogP contribution is -2.35. The molecule has 32 heavy (non-hydrogen) atoms. The summed E-state index contributed by atoms with van der Waals surface area (Å²) in [5.74, 6) is 2.52. The number of hydrogen-bond acceptors (Lipinski definition) is 7. The minimum absolute atomic E-state index is 0.106. The van der Waals surface area contributed by atoms with Crippen molar-refractivity contribution in [1.82, 2.24) is 15.5 Å². The van der Waals surface area contributed by atoms with E-state index in [-0.39, 0.29) is 18.4 Å². The molecule has 1 aliphatic heterocycles. The maximum absolute atomic E-state index is 12.5. The Morgan fingerprint density at radius 3 is 2.62 bits per heavy atom. The first-order valence-corrected chi connectivity index (χ1v) is 10.2. The van der Waals surface area contributed by atoms with Crippen LogP contribution >= 0.6 is 0 Å². The minimum Gasteiger partial charge on any atom is -0.497 e. The zero-order chi connectivity index (χ0) is 22.5. The van der Waals surface area contributed by atoms with Crippen molar-refractivity contribution in [1.29, 1.82) is 0 Å². The van der Waals surface area contributed by atoms with Gasteiger partial charge in [0, 0.05) is 23.6 Å². The van der Waals surface area contributed by atoms with E-state index in [2.05, 4.69) is 21.6 Å². The SMILES string of the molecule is COc1ccc(OC)c(CC(=O)NCC2Cc3cc(-c4ccc(OC)nn4)ccc3O2)c1. The van der Waals surface area contributed by atoms with Crippen LogP contribution in [-0.4, -0.2) is 50.1 Å². The maximum Gasteiger partial charge on any atom is 0.233 e. The number of hydrogen-bond donors (Lipinski definition) is 1. The van der Waals surface area contributed by atoms with Gasteiger partial charge in [0.05, 0.1) is 40.0 Å². The van der Waals surface area contributed by atoms with E-state index >= 15 is 0 Å². The highest BCUT2D eigenvalue weighted by Gasteiger charge is 2.24. The van der Waals surface area contributed by atoms with Gasteiger partial charge in [-0.25, -0.2) is 0 Å². The smallest absolute Gasteiger partial charge is 0.233 e. The molecule has 1 amide bonds. The quantitative estimate of drug-likeness (QED) is 0.582. The molecule has 0 aliphatic carbocycles. The average Bonchev–Trinajstić information content (AvgIpc) is 3.25. The molecule has 1 N–H and O–H groups in total. The van der Waals surface area contributed by atoms with Crippen molar-refractivity contribution in [2.24, 2.45) is 0 Å². The zero-order valence-corrected chi connectivity index (χ0v) is 18.3. The number of ether oxygens (including phenoxy) is 4. The van der Waals surface area contributed by atoms with Crippen LogP contribution in [0.25, 0.3) is 11.3 Å². The molecule has 3 aromatic rings. The molecule has 1 aliphatic rings. The lowest BCUT2D eigenvalue weighted by Gasteiger charge is -2.13. The fourth-order valence-corrected chi connectivity index (χ4v) is 3.66. The summed E-state index contributed by atoms with van der Waals surface area (Å²) in [5.41, 5.74) is 3.56. The molecule has 2 aromatic carbocycles. The summed E-state index contributed by atoms with van der Waals surface area (Å²) < 4.78 is 21.7. The number of aromatic nitrogens is 2. The maximum atomic E-state index is 12.5. The summed E-state index contributed by atoms with van der Waals surface area (Å²) in [5, 5.41) is 11.2. The standard InChI is InChI=1S/C24H25N3O5/c1-29-18-5-8-21(30-2)17(11-18)13-23(28)25-14-19-12-16-10-15(4-7-22(16)32-19)20-6-9-24(31-3)27-26-20/h4-11,19H,12-14H2,1-3H3,(H,25,28). The number of carbonyl (C=O) groups is 1. The number of benzene rings is 2. The predicted molar refractivity (Wildman–Crippen MR) is 118 cm³/mol. The van der Waals surface area contributed by atoms with Crippen LogP contribution in [0.4, 0.5) is 0 Å². The number of fused-ring (bicyclic) bond motifs is 1. The van der Waals surface area contributed by atoms with Crippen molar-refractivity contribution in [3.63, 3.8) is 0 Å². The first-order valence-electron chi connectivity index (χ1n) is 10.2. The Balaban J connectivity index is 1.35. The van der Waals surface area contributed by atoms with Gasteiger partial charge in [0.1, 0.15) is 23.4 Å². The highest BCUT2D eigenvalue weighted by Crippen LogP contribution is 2.32. The molecule has 8 heteroatoms. The fraction of sp³-hybridized carbons (Fsp3) is 0.292. The molecule has 0 bridgehead atoms. The highest BCUT2D eigenvalue weighted by molar-refractivity contribution is 5.79. The molecule has 4 rings (SSSR count). The van der Waals surface area contributed by atoms with Crippen molar-refractivity contribution in [2.75, 3.05) is 27.9 Å². The molecule has 0 saturated carbocycles. The summed E-state index contributed by atoms with van der Waals surface area (Å²) in [4.78, 5) is 12.5. The molecular weight excluding hydrogens is 410 g/mol. The largest absolute Gasteiger partial charge is 0.497 e. The van der Waals surface area contributed by atoms with Gasteiger partial charge in [-0.1, -0.05) is 0 Å². The molecule has 1 unspecified atom stereocenters. The van der Waals surface area contributed by atoms with E-state index in [1.165, 1.54) is 0 Å². The van der Waals surface area contributed by atoms with Gasteiger partial charge in [0.2, 0.25) is 11.8 Å². The van der Waals surface area contributed by atoms with E-state index in [0.29, 0.717) is 30.3 Å². The Kier molecular flexibility index (Phi) is 6.39. The van der Waals surface area contributed by atoms with Crippen LogP contribution in [0.15, 0.2) is 48.5 Å². The highest BCUT2D eigenvalue weighted by atomic mass is 16.5. The zero-order valence-electron chi connectivity index (χ0n) is 18.3. The number of methoxy groups -OCH3 is 3. The third-order valence-corrected chi connectivity index (χ3v) is 5.31. The van der Waals surface area contributed by atoms with Gasteiger partial charge in [0.25, 0.3) is 0 Å². The van der Waals surface area contributed by atoms with E-state index in [1.54, 1.807) is 39.5 Å². The third kappa shape index (κ3) is 4.74. The van der Waals surface area contributed by atoms with E-state index < -0.39 is 0 Å². The van der Waals surface area contributed by atoms with Crippen molar-refractivity contribution >= 4 is 5.91 Å². The normalized spacial score (nSPS) is 14.3. The van der Waals surface area contributed by atoms with E-state index in [4.69, 9.17) is 18.9 Å². The third-order valence-electron chi connectivity index (χ3n) is 5.31. The lowest BCUT2D eigenvalue weighted by atomic mass is 10.0. The predicted octanol–water partition coefficient (Wildman–Crippen LogP) is 2.83. The summed E-state index contributed by atoms with van der Waals surface area (Å²) >= 11 is 0. The van der Waals surface area contributed by atoms with Gasteiger partial charge in [0.15, 0.2) is 0 Å².